The number of likely N-dealkylation sites (tertiary alicyclic amines) is 1. The SMILES string of the molecule is COCCN1CC[C@@H](N2CCCN(C(=O)Nc3cc(C)ccc3C)CC2)C1=O. The molecule has 1 atom stereocenters. The number of ether oxygens (including phenoxy) is 1. The van der Waals surface area contributed by atoms with Crippen LogP contribution in [0.1, 0.15) is 24.0 Å². The van der Waals surface area contributed by atoms with Crippen molar-refractivity contribution in [2.75, 3.05) is 58.3 Å². The van der Waals surface area contributed by atoms with Gasteiger partial charge in [0.1, 0.15) is 0 Å². The van der Waals surface area contributed by atoms with Gasteiger partial charge in [0.25, 0.3) is 0 Å². The average molecular weight is 389 g/mol. The van der Waals surface area contributed by atoms with E-state index >= 15 is 0 Å². The van der Waals surface area contributed by atoms with E-state index in [0.29, 0.717) is 26.2 Å². The first-order valence-electron chi connectivity index (χ1n) is 10.1. The number of aryl methyl sites for hydroxylation is 2. The van der Waals surface area contributed by atoms with Crippen molar-refractivity contribution in [3.05, 3.63) is 29.3 Å². The summed E-state index contributed by atoms with van der Waals surface area (Å²) < 4.78 is 5.10. The van der Waals surface area contributed by atoms with Crippen LogP contribution in [0.2, 0.25) is 0 Å². The van der Waals surface area contributed by atoms with Crippen LogP contribution >= 0.6 is 0 Å². The Hall–Kier alpha value is -2.12. The largest absolute Gasteiger partial charge is 0.383 e. The second-order valence-electron chi connectivity index (χ2n) is 7.75. The van der Waals surface area contributed by atoms with Gasteiger partial charge in [-0.2, -0.15) is 0 Å². The zero-order valence-electron chi connectivity index (χ0n) is 17.2. The number of methoxy groups -OCH3 is 1. The standard InChI is InChI=1S/C21H32N4O3/c1-16-5-6-17(2)18(15-16)22-21(27)25-9-4-8-23(11-12-25)19-7-10-24(20(19)26)13-14-28-3/h5-6,15,19H,4,7-14H2,1-3H3,(H,22,27)/t19-/m1/s1. The fourth-order valence-electron chi connectivity index (χ4n) is 4.00. The Morgan fingerprint density at radius 1 is 1.18 bits per heavy atom. The average Bonchev–Trinajstić information content (AvgIpc) is 2.88. The molecular weight excluding hydrogens is 356 g/mol. The molecule has 0 saturated carbocycles. The molecule has 28 heavy (non-hydrogen) atoms. The van der Waals surface area contributed by atoms with E-state index in [1.54, 1.807) is 7.11 Å². The van der Waals surface area contributed by atoms with Crippen molar-refractivity contribution in [1.29, 1.82) is 0 Å². The van der Waals surface area contributed by atoms with Gasteiger partial charge in [-0.05, 0) is 43.9 Å². The van der Waals surface area contributed by atoms with E-state index in [4.69, 9.17) is 4.74 Å². The summed E-state index contributed by atoms with van der Waals surface area (Å²) in [6.07, 6.45) is 1.74. The Morgan fingerprint density at radius 2 is 2.00 bits per heavy atom. The van der Waals surface area contributed by atoms with Gasteiger partial charge in [-0.1, -0.05) is 12.1 Å². The highest BCUT2D eigenvalue weighted by atomic mass is 16.5. The Bertz CT molecular complexity index is 709. The minimum Gasteiger partial charge on any atom is -0.383 e. The van der Waals surface area contributed by atoms with E-state index in [1.807, 2.05) is 41.8 Å². The number of carbonyl (C=O) groups excluding carboxylic acids is 2. The maximum atomic E-state index is 12.8. The highest BCUT2D eigenvalue weighted by molar-refractivity contribution is 5.90. The number of benzene rings is 1. The van der Waals surface area contributed by atoms with Crippen molar-refractivity contribution in [1.82, 2.24) is 14.7 Å². The lowest BCUT2D eigenvalue weighted by Crippen LogP contribution is -2.44. The van der Waals surface area contributed by atoms with Crippen molar-refractivity contribution in [3.63, 3.8) is 0 Å². The number of anilines is 1. The van der Waals surface area contributed by atoms with Crippen LogP contribution in [0.25, 0.3) is 0 Å². The third-order valence-corrected chi connectivity index (χ3v) is 5.73. The molecule has 0 aromatic heterocycles. The van der Waals surface area contributed by atoms with E-state index < -0.39 is 0 Å². The van der Waals surface area contributed by atoms with E-state index in [0.717, 1.165) is 49.3 Å². The molecule has 2 fully saturated rings. The Labute approximate surface area is 167 Å². The topological polar surface area (TPSA) is 65.1 Å². The van der Waals surface area contributed by atoms with Crippen LogP contribution < -0.4 is 5.32 Å². The zero-order chi connectivity index (χ0) is 20.1. The molecule has 1 aromatic carbocycles. The fourth-order valence-corrected chi connectivity index (χ4v) is 4.00. The van der Waals surface area contributed by atoms with Gasteiger partial charge in [-0.15, -0.1) is 0 Å². The number of hydrogen-bond acceptors (Lipinski definition) is 4. The second kappa shape index (κ2) is 9.39. The lowest BCUT2D eigenvalue weighted by molar-refractivity contribution is -0.132. The van der Waals surface area contributed by atoms with E-state index in [-0.39, 0.29) is 18.0 Å². The van der Waals surface area contributed by atoms with E-state index in [1.165, 1.54) is 0 Å². The van der Waals surface area contributed by atoms with Gasteiger partial charge in [0.15, 0.2) is 0 Å². The molecule has 1 N–H and O–H groups in total. The van der Waals surface area contributed by atoms with Crippen molar-refractivity contribution in [2.24, 2.45) is 0 Å². The third kappa shape index (κ3) is 4.83. The minimum atomic E-state index is -0.0602. The molecule has 0 spiro atoms. The van der Waals surface area contributed by atoms with Crippen LogP contribution in [-0.2, 0) is 9.53 Å². The Morgan fingerprint density at radius 3 is 2.79 bits per heavy atom. The predicted molar refractivity (Wildman–Crippen MR) is 110 cm³/mol. The molecule has 2 saturated heterocycles. The number of urea groups is 1. The van der Waals surface area contributed by atoms with Gasteiger partial charge in [-0.3, -0.25) is 9.69 Å². The van der Waals surface area contributed by atoms with Crippen LogP contribution in [0, 0.1) is 13.8 Å². The molecule has 0 aliphatic carbocycles. The van der Waals surface area contributed by atoms with Gasteiger partial charge in [0.05, 0.1) is 12.6 Å². The van der Waals surface area contributed by atoms with Gasteiger partial charge >= 0.3 is 6.03 Å². The normalized spacial score (nSPS) is 21.1. The Balaban J connectivity index is 1.55. The number of carbonyl (C=O) groups is 2. The lowest BCUT2D eigenvalue weighted by Gasteiger charge is -2.26. The lowest BCUT2D eigenvalue weighted by atomic mass is 10.1. The van der Waals surface area contributed by atoms with Crippen molar-refractivity contribution in [2.45, 2.75) is 32.7 Å². The molecule has 0 bridgehead atoms. The summed E-state index contributed by atoms with van der Waals surface area (Å²) in [5.41, 5.74) is 3.05. The van der Waals surface area contributed by atoms with Gasteiger partial charge in [-0.25, -0.2) is 4.79 Å². The smallest absolute Gasteiger partial charge is 0.321 e. The zero-order valence-corrected chi connectivity index (χ0v) is 17.2. The van der Waals surface area contributed by atoms with Gasteiger partial charge in [0, 0.05) is 52.1 Å². The molecule has 154 valence electrons. The molecule has 2 aliphatic rings. The summed E-state index contributed by atoms with van der Waals surface area (Å²) in [4.78, 5) is 31.4. The summed E-state index contributed by atoms with van der Waals surface area (Å²) in [5.74, 6) is 0.199. The third-order valence-electron chi connectivity index (χ3n) is 5.73. The molecule has 2 aliphatic heterocycles. The molecule has 1 aromatic rings. The number of hydrogen-bond donors (Lipinski definition) is 1. The maximum absolute atomic E-state index is 12.8. The summed E-state index contributed by atoms with van der Waals surface area (Å²) >= 11 is 0. The fraction of sp³-hybridized carbons (Fsp3) is 0.619. The van der Waals surface area contributed by atoms with Crippen molar-refractivity contribution < 1.29 is 14.3 Å². The number of rotatable bonds is 5. The summed E-state index contributed by atoms with van der Waals surface area (Å²) in [7, 11) is 1.66. The van der Waals surface area contributed by atoms with Crippen LogP contribution in [0.4, 0.5) is 10.5 Å². The van der Waals surface area contributed by atoms with Crippen LogP contribution in [0.3, 0.4) is 0 Å². The van der Waals surface area contributed by atoms with Crippen LogP contribution in [0.15, 0.2) is 18.2 Å². The predicted octanol–water partition coefficient (Wildman–Crippen LogP) is 2.09. The first-order valence-corrected chi connectivity index (χ1v) is 10.1. The van der Waals surface area contributed by atoms with Gasteiger partial charge in [0.2, 0.25) is 5.91 Å². The highest BCUT2D eigenvalue weighted by Crippen LogP contribution is 2.20. The Kier molecular flexibility index (Phi) is 6.91. The number of amides is 3. The molecule has 3 amide bonds. The van der Waals surface area contributed by atoms with E-state index in [2.05, 4.69) is 10.2 Å². The monoisotopic (exact) mass is 388 g/mol. The van der Waals surface area contributed by atoms with Gasteiger partial charge < -0.3 is 19.9 Å². The first kappa shape index (κ1) is 20.6. The summed E-state index contributed by atoms with van der Waals surface area (Å²) in [6.45, 7) is 8.97. The molecule has 0 radical (unpaired) electrons. The molecular formula is C21H32N4O3. The number of nitrogens with zero attached hydrogens (tertiary/aromatic N) is 3. The quantitative estimate of drug-likeness (QED) is 0.839. The maximum Gasteiger partial charge on any atom is 0.321 e. The van der Waals surface area contributed by atoms with E-state index in [9.17, 15) is 9.59 Å². The van der Waals surface area contributed by atoms with Crippen LogP contribution in [0.5, 0.6) is 0 Å². The van der Waals surface area contributed by atoms with Crippen molar-refractivity contribution >= 4 is 17.6 Å². The minimum absolute atomic E-state index is 0.0566. The molecule has 3 rings (SSSR count). The van der Waals surface area contributed by atoms with Crippen molar-refractivity contribution in [3.8, 4) is 0 Å². The summed E-state index contributed by atoms with van der Waals surface area (Å²) in [5, 5.41) is 3.05. The number of nitrogens with one attached hydrogen (secondary N) is 1. The molecule has 7 heteroatoms. The highest BCUT2D eigenvalue weighted by Gasteiger charge is 2.36. The molecule has 2 heterocycles. The molecule has 7 nitrogen and oxygen atoms in total. The van der Waals surface area contributed by atoms with Crippen LogP contribution in [-0.4, -0.2) is 85.7 Å². The second-order valence-corrected chi connectivity index (χ2v) is 7.75. The first-order chi connectivity index (χ1) is 13.5. The summed E-state index contributed by atoms with van der Waals surface area (Å²) in [6, 6.07) is 5.96. The molecule has 0 unspecified atom stereocenters.